The molecule has 176 valence electrons. The van der Waals surface area contributed by atoms with Gasteiger partial charge in [-0.3, -0.25) is 0 Å². The Morgan fingerprint density at radius 3 is 2.25 bits per heavy atom. The highest BCUT2D eigenvalue weighted by Gasteiger charge is 2.33. The molecule has 1 unspecified atom stereocenters. The molecular formula is C30H43IS. The molecule has 0 bridgehead atoms. The Kier molecular flexibility index (Phi) is 8.81. The molecule has 1 atom stereocenters. The van der Waals surface area contributed by atoms with Crippen LogP contribution in [-0.4, -0.2) is 5.75 Å². The minimum Gasteiger partial charge on any atom is -0.120 e. The molecule has 1 aliphatic heterocycles. The molecule has 0 amide bonds. The Bertz CT molecular complexity index is 956. The summed E-state index contributed by atoms with van der Waals surface area (Å²) in [5.74, 6) is 1.40. The summed E-state index contributed by atoms with van der Waals surface area (Å²) in [6.45, 7) is 25.6. The number of hydrogen-bond donors (Lipinski definition) is 0. The molecule has 0 spiro atoms. The summed E-state index contributed by atoms with van der Waals surface area (Å²) in [6.07, 6.45) is 11.5. The van der Waals surface area contributed by atoms with Crippen molar-refractivity contribution >= 4 is 34.4 Å². The predicted molar refractivity (Wildman–Crippen MR) is 155 cm³/mol. The van der Waals surface area contributed by atoms with Gasteiger partial charge in [-0.05, 0) is 92.5 Å². The minimum atomic E-state index is 0.0428. The van der Waals surface area contributed by atoms with E-state index in [-0.39, 0.29) is 16.2 Å². The van der Waals surface area contributed by atoms with E-state index in [1.807, 2.05) is 11.8 Å². The average molecular weight is 563 g/mol. The van der Waals surface area contributed by atoms with Crippen LogP contribution in [0.2, 0.25) is 0 Å². The highest BCUT2D eigenvalue weighted by Crippen LogP contribution is 2.45. The van der Waals surface area contributed by atoms with E-state index in [2.05, 4.69) is 141 Å². The van der Waals surface area contributed by atoms with Crippen LogP contribution in [0, 0.1) is 14.9 Å². The third-order valence-electron chi connectivity index (χ3n) is 6.78. The van der Waals surface area contributed by atoms with Crippen molar-refractivity contribution in [3.8, 4) is 0 Å². The summed E-state index contributed by atoms with van der Waals surface area (Å²) in [5, 5.41) is 0. The number of benzene rings is 1. The van der Waals surface area contributed by atoms with E-state index in [0.717, 1.165) is 5.75 Å². The maximum atomic E-state index is 2.57. The number of fused-ring (bicyclic) bond motifs is 1. The van der Waals surface area contributed by atoms with Gasteiger partial charge >= 0.3 is 0 Å². The Morgan fingerprint density at radius 2 is 1.72 bits per heavy atom. The second-order valence-corrected chi connectivity index (χ2v) is 13.9. The van der Waals surface area contributed by atoms with Crippen LogP contribution in [0.1, 0.15) is 87.3 Å². The van der Waals surface area contributed by atoms with Crippen LogP contribution < -0.4 is 0 Å². The van der Waals surface area contributed by atoms with Gasteiger partial charge in [0.2, 0.25) is 0 Å². The van der Waals surface area contributed by atoms with Gasteiger partial charge < -0.3 is 0 Å². The molecule has 32 heavy (non-hydrogen) atoms. The van der Waals surface area contributed by atoms with Crippen molar-refractivity contribution in [2.24, 2.45) is 11.3 Å². The molecule has 0 saturated heterocycles. The molecule has 2 rings (SSSR count). The Morgan fingerprint density at radius 1 is 1.09 bits per heavy atom. The minimum absolute atomic E-state index is 0.0428. The van der Waals surface area contributed by atoms with Crippen molar-refractivity contribution in [3.05, 3.63) is 73.9 Å². The van der Waals surface area contributed by atoms with Crippen LogP contribution in [0.5, 0.6) is 0 Å². The lowest BCUT2D eigenvalue weighted by atomic mass is 9.70. The zero-order valence-corrected chi connectivity index (χ0v) is 25.1. The Balaban J connectivity index is 2.82. The number of halogens is 1. The van der Waals surface area contributed by atoms with Crippen LogP contribution in [-0.2, 0) is 10.8 Å². The standard InChI is InChI=1S/C30H43IS/c1-12-13-14-20(2)22-16-23(28(4,5)6)15-21(3)30(10,11)25-17-24(29(7,8)9)18-26(31)27(25)32-19-22/h12-18,21H,19H2,1-11H3/b13-12-,20-14+,22-16+,23-15+. The summed E-state index contributed by atoms with van der Waals surface area (Å²) < 4.78 is 1.38. The Labute approximate surface area is 216 Å². The van der Waals surface area contributed by atoms with Crippen LogP contribution in [0.3, 0.4) is 0 Å². The molecule has 0 aliphatic carbocycles. The highest BCUT2D eigenvalue weighted by atomic mass is 127. The number of hydrogen-bond acceptors (Lipinski definition) is 1. The van der Waals surface area contributed by atoms with E-state index in [1.54, 1.807) is 0 Å². The molecule has 2 heteroatoms. The molecule has 1 aliphatic rings. The van der Waals surface area contributed by atoms with Gasteiger partial charge in [-0.1, -0.05) is 98.8 Å². The van der Waals surface area contributed by atoms with E-state index >= 15 is 0 Å². The fraction of sp³-hybridized carbons (Fsp3) is 0.533. The van der Waals surface area contributed by atoms with Gasteiger partial charge in [0, 0.05) is 14.2 Å². The van der Waals surface area contributed by atoms with Crippen LogP contribution in [0.25, 0.3) is 0 Å². The first-order valence-corrected chi connectivity index (χ1v) is 13.9. The van der Waals surface area contributed by atoms with Crippen molar-refractivity contribution in [1.82, 2.24) is 0 Å². The van der Waals surface area contributed by atoms with Crippen LogP contribution in [0.15, 0.2) is 64.1 Å². The van der Waals surface area contributed by atoms with Gasteiger partial charge in [0.05, 0.1) is 0 Å². The molecule has 1 aromatic rings. The molecule has 1 heterocycles. The van der Waals surface area contributed by atoms with Crippen LogP contribution >= 0.6 is 34.4 Å². The predicted octanol–water partition coefficient (Wildman–Crippen LogP) is 10.0. The summed E-state index contributed by atoms with van der Waals surface area (Å²) in [4.78, 5) is 1.45. The molecule has 0 fully saturated rings. The van der Waals surface area contributed by atoms with Gasteiger partial charge in [-0.15, -0.1) is 11.8 Å². The van der Waals surface area contributed by atoms with Crippen molar-refractivity contribution in [1.29, 1.82) is 0 Å². The normalized spacial score (nSPS) is 23.9. The van der Waals surface area contributed by atoms with E-state index in [4.69, 9.17) is 0 Å². The zero-order valence-electron chi connectivity index (χ0n) is 22.1. The number of thioether (sulfide) groups is 1. The van der Waals surface area contributed by atoms with Crippen molar-refractivity contribution in [2.75, 3.05) is 5.75 Å². The lowest BCUT2D eigenvalue weighted by Gasteiger charge is -2.37. The summed E-state index contributed by atoms with van der Waals surface area (Å²) in [5.41, 5.74) is 7.41. The molecule has 0 aromatic heterocycles. The second-order valence-electron chi connectivity index (χ2n) is 11.8. The van der Waals surface area contributed by atoms with E-state index < -0.39 is 0 Å². The Hall–Kier alpha value is -0.740. The van der Waals surface area contributed by atoms with Gasteiger partial charge in [0.25, 0.3) is 0 Å². The number of allylic oxidation sites excluding steroid dienone is 7. The highest BCUT2D eigenvalue weighted by molar-refractivity contribution is 14.1. The van der Waals surface area contributed by atoms with Gasteiger partial charge in [0.15, 0.2) is 0 Å². The summed E-state index contributed by atoms with van der Waals surface area (Å²) >= 11 is 4.58. The molecule has 1 aromatic carbocycles. The molecule has 0 radical (unpaired) electrons. The molecule has 0 N–H and O–H groups in total. The molecule has 0 nitrogen and oxygen atoms in total. The van der Waals surface area contributed by atoms with Crippen molar-refractivity contribution in [3.63, 3.8) is 0 Å². The quantitative estimate of drug-likeness (QED) is 0.255. The van der Waals surface area contributed by atoms with Gasteiger partial charge in [0.1, 0.15) is 0 Å². The van der Waals surface area contributed by atoms with Gasteiger partial charge in [-0.25, -0.2) is 0 Å². The van der Waals surface area contributed by atoms with E-state index in [0.29, 0.717) is 5.92 Å². The third-order valence-corrected chi connectivity index (χ3v) is 9.19. The fourth-order valence-corrected chi connectivity index (χ4v) is 6.22. The van der Waals surface area contributed by atoms with Gasteiger partial charge in [-0.2, -0.15) is 0 Å². The van der Waals surface area contributed by atoms with E-state index in [1.165, 1.54) is 36.3 Å². The summed E-state index contributed by atoms with van der Waals surface area (Å²) in [7, 11) is 0. The fourth-order valence-electron chi connectivity index (χ4n) is 3.84. The lowest BCUT2D eigenvalue weighted by Crippen LogP contribution is -2.29. The summed E-state index contributed by atoms with van der Waals surface area (Å²) in [6, 6.07) is 4.90. The second kappa shape index (κ2) is 10.3. The first kappa shape index (κ1) is 27.5. The van der Waals surface area contributed by atoms with Crippen molar-refractivity contribution < 1.29 is 0 Å². The average Bonchev–Trinajstić information content (AvgIpc) is 2.66. The van der Waals surface area contributed by atoms with E-state index in [9.17, 15) is 0 Å². The monoisotopic (exact) mass is 562 g/mol. The topological polar surface area (TPSA) is 0 Å². The molecular weight excluding hydrogens is 519 g/mol. The maximum absolute atomic E-state index is 2.57. The third kappa shape index (κ3) is 6.44. The largest absolute Gasteiger partial charge is 0.120 e. The lowest BCUT2D eigenvalue weighted by molar-refractivity contribution is 0.392. The maximum Gasteiger partial charge on any atom is 0.0272 e. The first-order valence-electron chi connectivity index (χ1n) is 11.8. The SMILES string of the molecule is C\C=C/C=C(C)/C1=C/C(C(C)(C)C)=C\C(C)C(C)(C)c2cc(C(C)(C)C)cc(I)c2SC1. The number of rotatable bonds is 2. The zero-order chi connectivity index (χ0) is 24.5. The first-order chi connectivity index (χ1) is 14.6. The smallest absolute Gasteiger partial charge is 0.0272 e. The molecule has 0 saturated carbocycles. The van der Waals surface area contributed by atoms with Crippen molar-refractivity contribution in [2.45, 2.75) is 91.9 Å². The van der Waals surface area contributed by atoms with Crippen LogP contribution in [0.4, 0.5) is 0 Å².